The third-order valence-electron chi connectivity index (χ3n) is 6.01. The first-order valence-electron chi connectivity index (χ1n) is 11.6. The average molecular weight is 459 g/mol. The molecule has 1 fully saturated rings. The Kier molecular flexibility index (Phi) is 7.84. The molecule has 2 amide bonds. The van der Waals surface area contributed by atoms with E-state index in [1.807, 2.05) is 91.9 Å². The highest BCUT2D eigenvalue weighted by Crippen LogP contribution is 2.32. The summed E-state index contributed by atoms with van der Waals surface area (Å²) < 4.78 is 0. The Hall–Kier alpha value is -3.05. The van der Waals surface area contributed by atoms with Gasteiger partial charge in [-0.2, -0.15) is 0 Å². The van der Waals surface area contributed by atoms with Gasteiger partial charge in [-0.05, 0) is 68.3 Å². The van der Waals surface area contributed by atoms with E-state index in [0.29, 0.717) is 0 Å². The predicted octanol–water partition coefficient (Wildman–Crippen LogP) is 7.05. The number of hydrogen-bond acceptors (Lipinski definition) is 3. The molecule has 3 aromatic rings. The molecular formula is C28H30N2O2S. The lowest BCUT2D eigenvalue weighted by atomic mass is 9.88. The highest BCUT2D eigenvalue weighted by Gasteiger charge is 2.25. The van der Waals surface area contributed by atoms with Gasteiger partial charge < -0.3 is 5.32 Å². The maximum atomic E-state index is 13.5. The van der Waals surface area contributed by atoms with Crippen LogP contribution in [-0.4, -0.2) is 17.1 Å². The topological polar surface area (TPSA) is 49.4 Å². The Bertz CT molecular complexity index is 1010. The summed E-state index contributed by atoms with van der Waals surface area (Å²) in [6.45, 7) is 1.94. The molecule has 0 saturated heterocycles. The van der Waals surface area contributed by atoms with Crippen molar-refractivity contribution in [2.75, 3.05) is 10.2 Å². The second-order valence-corrected chi connectivity index (χ2v) is 9.87. The quantitative estimate of drug-likeness (QED) is 0.386. The number of thioether (sulfide) groups is 1. The number of hydrogen-bond donors (Lipinski definition) is 1. The summed E-state index contributed by atoms with van der Waals surface area (Å²) in [5.41, 5.74) is 2.51. The molecule has 0 heterocycles. The van der Waals surface area contributed by atoms with Crippen LogP contribution in [0.1, 0.15) is 39.0 Å². The summed E-state index contributed by atoms with van der Waals surface area (Å²) in [4.78, 5) is 28.7. The smallest absolute Gasteiger partial charge is 0.244 e. The third-order valence-corrected chi connectivity index (χ3v) is 7.11. The molecule has 1 saturated carbocycles. The van der Waals surface area contributed by atoms with Crippen LogP contribution in [0.25, 0.3) is 0 Å². The number of nitrogens with one attached hydrogen (secondary N) is 1. The van der Waals surface area contributed by atoms with Gasteiger partial charge in [0.2, 0.25) is 11.8 Å². The lowest BCUT2D eigenvalue weighted by molar-refractivity contribution is -0.120. The largest absolute Gasteiger partial charge is 0.326 e. The number of anilines is 3. The molecule has 33 heavy (non-hydrogen) atoms. The molecule has 0 aromatic heterocycles. The Labute approximate surface area is 200 Å². The Balaban J connectivity index is 1.42. The molecular weight excluding hydrogens is 428 g/mol. The molecule has 0 radical (unpaired) electrons. The van der Waals surface area contributed by atoms with Gasteiger partial charge in [0.25, 0.3) is 0 Å². The molecule has 1 unspecified atom stereocenters. The van der Waals surface area contributed by atoms with Crippen molar-refractivity contribution in [3.05, 3.63) is 84.9 Å². The molecule has 4 rings (SSSR count). The van der Waals surface area contributed by atoms with E-state index in [4.69, 9.17) is 0 Å². The van der Waals surface area contributed by atoms with Crippen LogP contribution in [0.5, 0.6) is 0 Å². The van der Waals surface area contributed by atoms with E-state index in [-0.39, 0.29) is 23.0 Å². The zero-order valence-electron chi connectivity index (χ0n) is 18.9. The number of para-hydroxylation sites is 2. The normalized spacial score (nSPS) is 14.9. The number of carbonyl (C=O) groups excluding carboxylic acids is 2. The lowest BCUT2D eigenvalue weighted by Gasteiger charge is -2.26. The average Bonchev–Trinajstić information content (AvgIpc) is 2.87. The van der Waals surface area contributed by atoms with Crippen LogP contribution < -0.4 is 10.2 Å². The van der Waals surface area contributed by atoms with Crippen molar-refractivity contribution in [3.63, 3.8) is 0 Å². The Morgan fingerprint density at radius 3 is 1.91 bits per heavy atom. The Morgan fingerprint density at radius 2 is 1.36 bits per heavy atom. The van der Waals surface area contributed by atoms with Crippen LogP contribution in [0, 0.1) is 5.92 Å². The molecule has 1 atom stereocenters. The standard InChI is InChI=1S/C28H30N2O2S/c1-21(28(32)30(24-13-7-3-8-14-24)25-15-9-4-10-16-25)33-26-19-17-23(18-20-26)29-27(31)22-11-5-2-6-12-22/h3-4,7-10,13-22H,2,5-6,11-12H2,1H3,(H,29,31). The fourth-order valence-electron chi connectivity index (χ4n) is 4.22. The second kappa shape index (κ2) is 11.2. The maximum absolute atomic E-state index is 13.5. The van der Waals surface area contributed by atoms with Gasteiger partial charge in [0, 0.05) is 27.9 Å². The van der Waals surface area contributed by atoms with Crippen LogP contribution in [0.2, 0.25) is 0 Å². The molecule has 1 N–H and O–H groups in total. The second-order valence-electron chi connectivity index (χ2n) is 8.45. The number of amides is 2. The van der Waals surface area contributed by atoms with Crippen molar-refractivity contribution in [1.82, 2.24) is 0 Å². The Morgan fingerprint density at radius 1 is 0.818 bits per heavy atom. The maximum Gasteiger partial charge on any atom is 0.244 e. The van der Waals surface area contributed by atoms with Crippen LogP contribution in [0.15, 0.2) is 89.8 Å². The number of benzene rings is 3. The van der Waals surface area contributed by atoms with Crippen molar-refractivity contribution in [2.45, 2.75) is 49.2 Å². The highest BCUT2D eigenvalue weighted by molar-refractivity contribution is 8.00. The van der Waals surface area contributed by atoms with Crippen molar-refractivity contribution in [3.8, 4) is 0 Å². The summed E-state index contributed by atoms with van der Waals surface area (Å²) in [6, 6.07) is 27.3. The molecule has 4 nitrogen and oxygen atoms in total. The van der Waals surface area contributed by atoms with Crippen LogP contribution in [0.4, 0.5) is 17.1 Å². The molecule has 3 aromatic carbocycles. The van der Waals surface area contributed by atoms with Crippen LogP contribution in [0.3, 0.4) is 0 Å². The van der Waals surface area contributed by atoms with Gasteiger partial charge in [-0.3, -0.25) is 14.5 Å². The fourth-order valence-corrected chi connectivity index (χ4v) is 5.13. The SMILES string of the molecule is CC(Sc1ccc(NC(=O)C2CCCCC2)cc1)C(=O)N(c1ccccc1)c1ccccc1. The molecule has 5 heteroatoms. The molecule has 0 bridgehead atoms. The minimum atomic E-state index is -0.284. The van der Waals surface area contributed by atoms with Gasteiger partial charge in [0.05, 0.1) is 5.25 Å². The monoisotopic (exact) mass is 458 g/mol. The van der Waals surface area contributed by atoms with E-state index in [9.17, 15) is 9.59 Å². The highest BCUT2D eigenvalue weighted by atomic mass is 32.2. The minimum absolute atomic E-state index is 0.0204. The van der Waals surface area contributed by atoms with E-state index in [1.54, 1.807) is 4.90 Å². The van der Waals surface area contributed by atoms with Gasteiger partial charge in [-0.1, -0.05) is 55.7 Å². The first kappa shape index (κ1) is 23.1. The predicted molar refractivity (Wildman–Crippen MR) is 137 cm³/mol. The molecule has 0 spiro atoms. The van der Waals surface area contributed by atoms with Crippen molar-refractivity contribution in [1.29, 1.82) is 0 Å². The lowest BCUT2D eigenvalue weighted by Crippen LogP contribution is -2.32. The zero-order chi connectivity index (χ0) is 23.0. The van der Waals surface area contributed by atoms with E-state index < -0.39 is 0 Å². The molecule has 1 aliphatic rings. The minimum Gasteiger partial charge on any atom is -0.326 e. The van der Waals surface area contributed by atoms with E-state index in [0.717, 1.165) is 47.6 Å². The molecule has 170 valence electrons. The van der Waals surface area contributed by atoms with Gasteiger partial charge in [0.15, 0.2) is 0 Å². The fraction of sp³-hybridized carbons (Fsp3) is 0.286. The summed E-state index contributed by atoms with van der Waals surface area (Å²) >= 11 is 1.52. The summed E-state index contributed by atoms with van der Waals surface area (Å²) in [5, 5.41) is 2.77. The van der Waals surface area contributed by atoms with Crippen LogP contribution in [-0.2, 0) is 9.59 Å². The van der Waals surface area contributed by atoms with Crippen molar-refractivity contribution < 1.29 is 9.59 Å². The molecule has 0 aliphatic heterocycles. The van der Waals surface area contributed by atoms with Gasteiger partial charge in [0.1, 0.15) is 0 Å². The van der Waals surface area contributed by atoms with E-state index in [2.05, 4.69) is 5.32 Å². The summed E-state index contributed by atoms with van der Waals surface area (Å²) in [5.74, 6) is 0.277. The number of nitrogens with zero attached hydrogens (tertiary/aromatic N) is 1. The van der Waals surface area contributed by atoms with Gasteiger partial charge in [-0.25, -0.2) is 0 Å². The number of carbonyl (C=O) groups is 2. The number of rotatable bonds is 7. The van der Waals surface area contributed by atoms with Gasteiger partial charge >= 0.3 is 0 Å². The third kappa shape index (κ3) is 6.05. The first-order valence-corrected chi connectivity index (χ1v) is 12.5. The van der Waals surface area contributed by atoms with Crippen LogP contribution >= 0.6 is 11.8 Å². The summed E-state index contributed by atoms with van der Waals surface area (Å²) in [6.07, 6.45) is 5.49. The van der Waals surface area contributed by atoms with E-state index in [1.165, 1.54) is 18.2 Å². The van der Waals surface area contributed by atoms with Gasteiger partial charge in [-0.15, -0.1) is 11.8 Å². The van der Waals surface area contributed by atoms with E-state index >= 15 is 0 Å². The molecule has 1 aliphatic carbocycles. The summed E-state index contributed by atoms with van der Waals surface area (Å²) in [7, 11) is 0. The van der Waals surface area contributed by atoms with Crippen molar-refractivity contribution in [2.24, 2.45) is 5.92 Å². The first-order chi connectivity index (χ1) is 16.1. The van der Waals surface area contributed by atoms with Crippen molar-refractivity contribution >= 4 is 40.6 Å². The zero-order valence-corrected chi connectivity index (χ0v) is 19.8.